The van der Waals surface area contributed by atoms with E-state index in [1.165, 1.54) is 11.8 Å². The summed E-state index contributed by atoms with van der Waals surface area (Å²) in [6.07, 6.45) is 3.08. The highest BCUT2D eigenvalue weighted by molar-refractivity contribution is 5.52. The lowest BCUT2D eigenvalue weighted by Gasteiger charge is -2.01. The van der Waals surface area contributed by atoms with Crippen molar-refractivity contribution in [3.63, 3.8) is 0 Å². The number of benzene rings is 1. The lowest BCUT2D eigenvalue weighted by molar-refractivity contribution is -0.591. The summed E-state index contributed by atoms with van der Waals surface area (Å²) in [7, 11) is 0. The fraction of sp³-hybridized carbons (Fsp3) is 0.100. The van der Waals surface area contributed by atoms with Gasteiger partial charge < -0.3 is 5.21 Å². The number of aromatic amines is 1. The Labute approximate surface area is 76.2 Å². The van der Waals surface area contributed by atoms with E-state index in [4.69, 9.17) is 0 Å². The molecular formula is C10H10N2O. The van der Waals surface area contributed by atoms with Gasteiger partial charge >= 0.3 is 0 Å². The topological polar surface area (TPSA) is 42.7 Å². The third-order valence-electron chi connectivity index (χ3n) is 1.98. The largest absolute Gasteiger partial charge is 0.710 e. The summed E-state index contributed by atoms with van der Waals surface area (Å²) in [4.78, 5) is 2.89. The number of rotatable bonds is 1. The number of nitrogens with zero attached hydrogens (tertiary/aromatic N) is 1. The SMILES string of the molecule is Cc1ccc(-c2[nH]cc[n+]2[O-])cc1. The molecule has 0 radical (unpaired) electrons. The number of nitrogens with one attached hydrogen (secondary N) is 1. The Kier molecular flexibility index (Phi) is 1.77. The minimum absolute atomic E-state index is 0.583. The van der Waals surface area contributed by atoms with Crippen LogP contribution in [0.5, 0.6) is 0 Å². The van der Waals surface area contributed by atoms with Crippen molar-refractivity contribution in [2.45, 2.75) is 6.92 Å². The van der Waals surface area contributed by atoms with Crippen LogP contribution in [0, 0.1) is 12.1 Å². The molecular weight excluding hydrogens is 164 g/mol. The van der Waals surface area contributed by atoms with Gasteiger partial charge in [-0.3, -0.25) is 0 Å². The molecule has 0 saturated carbocycles. The quantitative estimate of drug-likeness (QED) is 0.518. The van der Waals surface area contributed by atoms with Gasteiger partial charge in [-0.1, -0.05) is 17.7 Å². The van der Waals surface area contributed by atoms with Gasteiger partial charge in [-0.25, -0.2) is 9.71 Å². The zero-order valence-electron chi connectivity index (χ0n) is 7.32. The Hall–Kier alpha value is -1.77. The molecule has 1 N–H and O–H groups in total. The molecule has 0 unspecified atom stereocenters. The molecule has 1 heterocycles. The summed E-state index contributed by atoms with van der Waals surface area (Å²) < 4.78 is 0.824. The molecule has 0 atom stereocenters. The summed E-state index contributed by atoms with van der Waals surface area (Å²) in [6, 6.07) is 7.82. The third kappa shape index (κ3) is 1.40. The predicted octanol–water partition coefficient (Wildman–Crippen LogP) is 1.62. The summed E-state index contributed by atoms with van der Waals surface area (Å²) in [5.41, 5.74) is 2.10. The van der Waals surface area contributed by atoms with Gasteiger partial charge in [-0.15, -0.1) is 0 Å². The van der Waals surface area contributed by atoms with Crippen LogP contribution >= 0.6 is 0 Å². The number of H-pyrrole nitrogens is 1. The molecule has 0 aliphatic carbocycles. The first kappa shape index (κ1) is 7.86. The molecule has 2 rings (SSSR count). The van der Waals surface area contributed by atoms with Crippen LogP contribution in [0.1, 0.15) is 5.56 Å². The van der Waals surface area contributed by atoms with Crippen molar-refractivity contribution in [3.8, 4) is 11.4 Å². The van der Waals surface area contributed by atoms with Gasteiger partial charge in [0.2, 0.25) is 0 Å². The molecule has 0 aliphatic heterocycles. The van der Waals surface area contributed by atoms with Crippen LogP contribution in [0.2, 0.25) is 0 Å². The van der Waals surface area contributed by atoms with E-state index < -0.39 is 0 Å². The second kappa shape index (κ2) is 2.94. The summed E-state index contributed by atoms with van der Waals surface area (Å²) >= 11 is 0. The Morgan fingerprint density at radius 2 is 1.92 bits per heavy atom. The average molecular weight is 174 g/mol. The van der Waals surface area contributed by atoms with E-state index in [1.807, 2.05) is 31.2 Å². The second-order valence-electron chi connectivity index (χ2n) is 3.00. The van der Waals surface area contributed by atoms with Gasteiger partial charge in [0.25, 0.3) is 5.82 Å². The van der Waals surface area contributed by atoms with E-state index in [0.717, 1.165) is 10.3 Å². The van der Waals surface area contributed by atoms with Crippen LogP contribution in [-0.4, -0.2) is 4.98 Å². The maximum Gasteiger partial charge on any atom is 0.289 e. The van der Waals surface area contributed by atoms with Gasteiger partial charge in [0.1, 0.15) is 12.4 Å². The van der Waals surface area contributed by atoms with E-state index >= 15 is 0 Å². The highest BCUT2D eigenvalue weighted by Crippen LogP contribution is 2.12. The number of hydrogen-bond acceptors (Lipinski definition) is 1. The highest BCUT2D eigenvalue weighted by atomic mass is 16.5. The molecule has 1 aromatic heterocycles. The molecule has 0 bridgehead atoms. The fourth-order valence-electron chi connectivity index (χ4n) is 1.24. The number of aryl methyl sites for hydroxylation is 1. The van der Waals surface area contributed by atoms with Gasteiger partial charge in [0.15, 0.2) is 0 Å². The molecule has 1 aromatic carbocycles. The molecule has 0 spiro atoms. The van der Waals surface area contributed by atoms with E-state index in [2.05, 4.69) is 4.98 Å². The van der Waals surface area contributed by atoms with Gasteiger partial charge in [0, 0.05) is 0 Å². The van der Waals surface area contributed by atoms with Crippen LogP contribution in [0.15, 0.2) is 36.7 Å². The first-order valence-corrected chi connectivity index (χ1v) is 4.11. The normalized spacial score (nSPS) is 10.2. The number of imidazole rings is 1. The number of hydrogen-bond donors (Lipinski definition) is 1. The lowest BCUT2D eigenvalue weighted by atomic mass is 10.1. The van der Waals surface area contributed by atoms with E-state index in [1.54, 1.807) is 6.20 Å². The van der Waals surface area contributed by atoms with E-state index in [9.17, 15) is 5.21 Å². The smallest absolute Gasteiger partial charge is 0.289 e. The molecule has 3 heteroatoms. The Morgan fingerprint density at radius 3 is 2.46 bits per heavy atom. The van der Waals surface area contributed by atoms with Crippen LogP contribution < -0.4 is 4.73 Å². The monoisotopic (exact) mass is 174 g/mol. The van der Waals surface area contributed by atoms with Crippen molar-refractivity contribution < 1.29 is 4.73 Å². The molecule has 0 amide bonds. The van der Waals surface area contributed by atoms with Crippen molar-refractivity contribution in [2.24, 2.45) is 0 Å². The molecule has 66 valence electrons. The minimum atomic E-state index is 0.583. The van der Waals surface area contributed by atoms with E-state index in [-0.39, 0.29) is 0 Å². The predicted molar refractivity (Wildman–Crippen MR) is 49.9 cm³/mol. The molecule has 0 fully saturated rings. The first-order valence-electron chi connectivity index (χ1n) is 4.11. The third-order valence-corrected chi connectivity index (χ3v) is 1.98. The van der Waals surface area contributed by atoms with Crippen molar-refractivity contribution >= 4 is 0 Å². The van der Waals surface area contributed by atoms with Gasteiger partial charge in [-0.2, -0.15) is 0 Å². The van der Waals surface area contributed by atoms with Gasteiger partial charge in [0.05, 0.1) is 5.56 Å². The Bertz CT molecular complexity index is 403. The molecule has 3 nitrogen and oxygen atoms in total. The maximum absolute atomic E-state index is 11.2. The summed E-state index contributed by atoms with van der Waals surface area (Å²) in [6.45, 7) is 2.02. The molecule has 0 aliphatic rings. The standard InChI is InChI=1S/C10H10N2O/c1-8-2-4-9(5-3-8)10-11-6-7-12(10)13/h2-7,11H,1H3. The highest BCUT2D eigenvalue weighted by Gasteiger charge is 2.06. The fourth-order valence-corrected chi connectivity index (χ4v) is 1.24. The lowest BCUT2D eigenvalue weighted by Crippen LogP contribution is -2.25. The average Bonchev–Trinajstić information content (AvgIpc) is 2.53. The van der Waals surface area contributed by atoms with Gasteiger partial charge in [-0.05, 0) is 19.1 Å². The zero-order chi connectivity index (χ0) is 9.26. The Morgan fingerprint density at radius 1 is 1.23 bits per heavy atom. The Balaban J connectivity index is 2.47. The molecule has 2 aromatic rings. The van der Waals surface area contributed by atoms with Crippen LogP contribution in [0.3, 0.4) is 0 Å². The molecule has 0 saturated heterocycles. The van der Waals surface area contributed by atoms with Crippen molar-refractivity contribution in [3.05, 3.63) is 47.4 Å². The second-order valence-corrected chi connectivity index (χ2v) is 3.00. The zero-order valence-corrected chi connectivity index (χ0v) is 7.32. The number of aromatic nitrogens is 2. The minimum Gasteiger partial charge on any atom is -0.710 e. The van der Waals surface area contributed by atoms with Crippen LogP contribution in [0.4, 0.5) is 0 Å². The van der Waals surface area contributed by atoms with E-state index in [0.29, 0.717) is 5.82 Å². The van der Waals surface area contributed by atoms with Crippen LogP contribution in [0.25, 0.3) is 11.4 Å². The van der Waals surface area contributed by atoms with Crippen molar-refractivity contribution in [1.82, 2.24) is 4.98 Å². The first-order chi connectivity index (χ1) is 6.27. The summed E-state index contributed by atoms with van der Waals surface area (Å²) in [5, 5.41) is 11.2. The van der Waals surface area contributed by atoms with Crippen molar-refractivity contribution in [2.75, 3.05) is 0 Å². The van der Waals surface area contributed by atoms with Crippen LogP contribution in [-0.2, 0) is 0 Å². The summed E-state index contributed by atoms with van der Waals surface area (Å²) in [5.74, 6) is 0.583. The maximum atomic E-state index is 11.2. The molecule has 13 heavy (non-hydrogen) atoms. The van der Waals surface area contributed by atoms with Crippen molar-refractivity contribution in [1.29, 1.82) is 0 Å².